The van der Waals surface area contributed by atoms with Gasteiger partial charge in [0.25, 0.3) is 0 Å². The second-order valence-electron chi connectivity index (χ2n) is 4.64. The van der Waals surface area contributed by atoms with Crippen molar-refractivity contribution in [2.75, 3.05) is 6.54 Å². The van der Waals surface area contributed by atoms with E-state index in [4.69, 9.17) is 4.74 Å². The SMILES string of the molecule is C=CCCCCC(C)NCC(=O)Oc1ccccc1. The number of carbonyl (C=O) groups is 1. The number of ether oxygens (including phenoxy) is 1. The molecule has 0 aliphatic heterocycles. The van der Waals surface area contributed by atoms with Gasteiger partial charge < -0.3 is 10.1 Å². The van der Waals surface area contributed by atoms with Gasteiger partial charge in [-0.05, 0) is 38.3 Å². The summed E-state index contributed by atoms with van der Waals surface area (Å²) < 4.78 is 5.19. The third kappa shape index (κ3) is 7.42. The average molecular weight is 261 g/mol. The predicted octanol–water partition coefficient (Wildman–Crippen LogP) is 3.32. The Kier molecular flexibility index (Phi) is 7.59. The Bertz CT molecular complexity index is 376. The van der Waals surface area contributed by atoms with Crippen molar-refractivity contribution >= 4 is 5.97 Å². The lowest BCUT2D eigenvalue weighted by Gasteiger charge is -2.12. The molecule has 3 heteroatoms. The van der Waals surface area contributed by atoms with Gasteiger partial charge >= 0.3 is 5.97 Å². The van der Waals surface area contributed by atoms with E-state index in [2.05, 4.69) is 18.8 Å². The first kappa shape index (κ1) is 15.4. The molecule has 0 saturated heterocycles. The van der Waals surface area contributed by atoms with Crippen molar-refractivity contribution in [2.45, 2.75) is 38.6 Å². The summed E-state index contributed by atoms with van der Waals surface area (Å²) in [7, 11) is 0. The van der Waals surface area contributed by atoms with Gasteiger partial charge in [0, 0.05) is 6.04 Å². The van der Waals surface area contributed by atoms with Crippen molar-refractivity contribution in [1.82, 2.24) is 5.32 Å². The van der Waals surface area contributed by atoms with Gasteiger partial charge in [0.05, 0.1) is 6.54 Å². The number of para-hydroxylation sites is 1. The van der Waals surface area contributed by atoms with Crippen LogP contribution in [0.3, 0.4) is 0 Å². The number of carbonyl (C=O) groups excluding carboxylic acids is 1. The number of benzene rings is 1. The van der Waals surface area contributed by atoms with Crippen LogP contribution in [0.25, 0.3) is 0 Å². The van der Waals surface area contributed by atoms with E-state index in [1.165, 1.54) is 0 Å². The molecule has 1 unspecified atom stereocenters. The van der Waals surface area contributed by atoms with Crippen molar-refractivity contribution < 1.29 is 9.53 Å². The molecule has 0 aliphatic carbocycles. The van der Waals surface area contributed by atoms with Crippen LogP contribution in [-0.4, -0.2) is 18.6 Å². The normalized spacial score (nSPS) is 11.8. The molecule has 0 aliphatic rings. The van der Waals surface area contributed by atoms with E-state index >= 15 is 0 Å². The molecule has 0 heterocycles. The predicted molar refractivity (Wildman–Crippen MR) is 78.2 cm³/mol. The molecular formula is C16H23NO2. The fourth-order valence-corrected chi connectivity index (χ4v) is 1.75. The number of nitrogens with one attached hydrogen (secondary N) is 1. The maximum atomic E-state index is 11.6. The van der Waals surface area contributed by atoms with Gasteiger partial charge in [0.2, 0.25) is 0 Å². The Morgan fingerprint density at radius 1 is 1.37 bits per heavy atom. The van der Waals surface area contributed by atoms with Crippen LogP contribution in [0, 0.1) is 0 Å². The summed E-state index contributed by atoms with van der Waals surface area (Å²) >= 11 is 0. The van der Waals surface area contributed by atoms with E-state index in [0.29, 0.717) is 11.8 Å². The van der Waals surface area contributed by atoms with Crippen LogP contribution in [0.4, 0.5) is 0 Å². The third-order valence-electron chi connectivity index (χ3n) is 2.87. The van der Waals surface area contributed by atoms with Crippen LogP contribution in [0.15, 0.2) is 43.0 Å². The summed E-state index contributed by atoms with van der Waals surface area (Å²) in [4.78, 5) is 11.6. The van der Waals surface area contributed by atoms with Crippen LogP contribution in [-0.2, 0) is 4.79 Å². The molecule has 0 aromatic heterocycles. The second kappa shape index (κ2) is 9.34. The van der Waals surface area contributed by atoms with E-state index in [0.717, 1.165) is 25.7 Å². The van der Waals surface area contributed by atoms with Crippen molar-refractivity contribution in [1.29, 1.82) is 0 Å². The lowest BCUT2D eigenvalue weighted by Crippen LogP contribution is -2.33. The molecule has 0 fully saturated rings. The maximum absolute atomic E-state index is 11.6. The highest BCUT2D eigenvalue weighted by atomic mass is 16.5. The first-order valence-electron chi connectivity index (χ1n) is 6.82. The topological polar surface area (TPSA) is 38.3 Å². The smallest absolute Gasteiger partial charge is 0.325 e. The number of unbranched alkanes of at least 4 members (excludes halogenated alkanes) is 2. The van der Waals surface area contributed by atoms with Crippen molar-refractivity contribution in [3.8, 4) is 5.75 Å². The summed E-state index contributed by atoms with van der Waals surface area (Å²) in [6.45, 7) is 6.03. The second-order valence-corrected chi connectivity index (χ2v) is 4.64. The van der Waals surface area contributed by atoms with Crippen molar-refractivity contribution in [3.63, 3.8) is 0 Å². The molecule has 0 radical (unpaired) electrons. The van der Waals surface area contributed by atoms with E-state index in [9.17, 15) is 4.79 Å². The molecule has 0 spiro atoms. The Morgan fingerprint density at radius 2 is 2.11 bits per heavy atom. The monoisotopic (exact) mass is 261 g/mol. The minimum Gasteiger partial charge on any atom is -0.426 e. The minimum atomic E-state index is -0.246. The fraction of sp³-hybridized carbons (Fsp3) is 0.438. The zero-order valence-corrected chi connectivity index (χ0v) is 11.6. The Labute approximate surface area is 115 Å². The molecule has 1 aromatic rings. The van der Waals surface area contributed by atoms with E-state index in [1.807, 2.05) is 24.3 Å². The Morgan fingerprint density at radius 3 is 2.79 bits per heavy atom. The average Bonchev–Trinajstić information content (AvgIpc) is 2.42. The van der Waals surface area contributed by atoms with Gasteiger partial charge in [-0.25, -0.2) is 0 Å². The van der Waals surface area contributed by atoms with E-state index in [1.54, 1.807) is 12.1 Å². The van der Waals surface area contributed by atoms with Gasteiger partial charge in [-0.15, -0.1) is 6.58 Å². The highest BCUT2D eigenvalue weighted by Crippen LogP contribution is 2.08. The quantitative estimate of drug-likeness (QED) is 0.321. The number of hydrogen-bond acceptors (Lipinski definition) is 3. The van der Waals surface area contributed by atoms with Crippen LogP contribution < -0.4 is 10.1 Å². The maximum Gasteiger partial charge on any atom is 0.325 e. The number of esters is 1. The lowest BCUT2D eigenvalue weighted by molar-refractivity contribution is -0.133. The largest absolute Gasteiger partial charge is 0.426 e. The molecule has 19 heavy (non-hydrogen) atoms. The van der Waals surface area contributed by atoms with Gasteiger partial charge in [0.15, 0.2) is 0 Å². The van der Waals surface area contributed by atoms with Gasteiger partial charge in [0.1, 0.15) is 5.75 Å². The molecule has 1 rings (SSSR count). The van der Waals surface area contributed by atoms with E-state index in [-0.39, 0.29) is 12.5 Å². The summed E-state index contributed by atoms with van der Waals surface area (Å²) in [5.74, 6) is 0.345. The standard InChI is InChI=1S/C16H23NO2/c1-3-4-5-7-10-14(2)17-13-16(18)19-15-11-8-6-9-12-15/h3,6,8-9,11-12,14,17H,1,4-5,7,10,13H2,2H3. The highest BCUT2D eigenvalue weighted by molar-refractivity contribution is 5.74. The number of hydrogen-bond donors (Lipinski definition) is 1. The Balaban J connectivity index is 2.14. The molecule has 3 nitrogen and oxygen atoms in total. The molecule has 0 amide bonds. The lowest BCUT2D eigenvalue weighted by atomic mass is 10.1. The van der Waals surface area contributed by atoms with Gasteiger partial charge in [-0.2, -0.15) is 0 Å². The molecule has 1 atom stereocenters. The highest BCUT2D eigenvalue weighted by Gasteiger charge is 2.07. The number of allylic oxidation sites excluding steroid dienone is 1. The van der Waals surface area contributed by atoms with Crippen LogP contribution >= 0.6 is 0 Å². The molecule has 1 aromatic carbocycles. The number of rotatable bonds is 9. The molecule has 1 N–H and O–H groups in total. The van der Waals surface area contributed by atoms with Crippen LogP contribution in [0.5, 0.6) is 5.75 Å². The summed E-state index contributed by atoms with van der Waals surface area (Å²) in [6, 6.07) is 9.46. The molecule has 104 valence electrons. The molecule has 0 bridgehead atoms. The third-order valence-corrected chi connectivity index (χ3v) is 2.87. The zero-order chi connectivity index (χ0) is 13.9. The minimum absolute atomic E-state index is 0.246. The van der Waals surface area contributed by atoms with Gasteiger partial charge in [-0.3, -0.25) is 4.79 Å². The summed E-state index contributed by atoms with van der Waals surface area (Å²) in [6.07, 6.45) is 6.36. The van der Waals surface area contributed by atoms with Crippen molar-refractivity contribution in [3.05, 3.63) is 43.0 Å². The van der Waals surface area contributed by atoms with Crippen LogP contribution in [0.2, 0.25) is 0 Å². The first-order chi connectivity index (χ1) is 9.22. The van der Waals surface area contributed by atoms with E-state index < -0.39 is 0 Å². The zero-order valence-electron chi connectivity index (χ0n) is 11.6. The first-order valence-corrected chi connectivity index (χ1v) is 6.82. The Hall–Kier alpha value is -1.61. The van der Waals surface area contributed by atoms with Gasteiger partial charge in [-0.1, -0.05) is 30.7 Å². The molecule has 0 saturated carbocycles. The summed E-state index contributed by atoms with van der Waals surface area (Å²) in [5.41, 5.74) is 0. The molecular weight excluding hydrogens is 238 g/mol. The summed E-state index contributed by atoms with van der Waals surface area (Å²) in [5, 5.41) is 3.18. The van der Waals surface area contributed by atoms with Crippen LogP contribution in [0.1, 0.15) is 32.6 Å². The van der Waals surface area contributed by atoms with Crippen molar-refractivity contribution in [2.24, 2.45) is 0 Å². The fourth-order valence-electron chi connectivity index (χ4n) is 1.75.